The van der Waals surface area contributed by atoms with Crippen LogP contribution in [0.3, 0.4) is 0 Å². The van der Waals surface area contributed by atoms with Crippen molar-refractivity contribution in [3.63, 3.8) is 0 Å². The molecule has 0 saturated carbocycles. The van der Waals surface area contributed by atoms with E-state index in [1.165, 1.54) is 9.75 Å². The van der Waals surface area contributed by atoms with Crippen molar-refractivity contribution in [2.24, 2.45) is 5.73 Å². The van der Waals surface area contributed by atoms with Crippen molar-refractivity contribution >= 4 is 17.2 Å². The Morgan fingerprint density at radius 3 is 2.50 bits per heavy atom. The second-order valence-electron chi connectivity index (χ2n) is 4.74. The van der Waals surface area contributed by atoms with Gasteiger partial charge in [0.2, 0.25) is 5.91 Å². The van der Waals surface area contributed by atoms with Crippen molar-refractivity contribution in [3.8, 4) is 0 Å². The highest BCUT2D eigenvalue weighted by molar-refractivity contribution is 7.12. The number of amides is 1. The first-order chi connectivity index (χ1) is 8.61. The predicted octanol–water partition coefficient (Wildman–Crippen LogP) is 1.22. The highest BCUT2D eigenvalue weighted by atomic mass is 32.1. The van der Waals surface area contributed by atoms with Crippen molar-refractivity contribution in [1.29, 1.82) is 0 Å². The van der Waals surface area contributed by atoms with E-state index in [1.54, 1.807) is 6.92 Å². The van der Waals surface area contributed by atoms with Crippen LogP contribution in [0.15, 0.2) is 12.1 Å². The van der Waals surface area contributed by atoms with Crippen LogP contribution in [0.5, 0.6) is 0 Å². The standard InChI is InChI=1S/C13H21N3OS/c1-10-3-4-13(18-10)12(9-14)16-7-5-15(6-8-16)11(2)17/h3-4,12H,5-9,14H2,1-2H3. The molecule has 1 fully saturated rings. The number of nitrogens with zero attached hydrogens (tertiary/aromatic N) is 2. The topological polar surface area (TPSA) is 49.6 Å². The molecule has 2 heterocycles. The summed E-state index contributed by atoms with van der Waals surface area (Å²) in [7, 11) is 0. The van der Waals surface area contributed by atoms with Crippen LogP contribution in [-0.2, 0) is 4.79 Å². The SMILES string of the molecule is CC(=O)N1CCN(C(CN)c2ccc(C)s2)CC1. The first-order valence-electron chi connectivity index (χ1n) is 6.37. The number of thiophene rings is 1. The minimum absolute atomic E-state index is 0.172. The lowest BCUT2D eigenvalue weighted by molar-refractivity contribution is -0.130. The Morgan fingerprint density at radius 1 is 1.39 bits per heavy atom. The molecule has 1 amide bonds. The molecule has 18 heavy (non-hydrogen) atoms. The summed E-state index contributed by atoms with van der Waals surface area (Å²) < 4.78 is 0. The van der Waals surface area contributed by atoms with Crippen LogP contribution >= 0.6 is 11.3 Å². The zero-order valence-corrected chi connectivity index (χ0v) is 11.9. The van der Waals surface area contributed by atoms with Gasteiger partial charge in [0.1, 0.15) is 0 Å². The van der Waals surface area contributed by atoms with Gasteiger partial charge in [-0.15, -0.1) is 11.3 Å². The third kappa shape index (κ3) is 2.91. The molecule has 5 heteroatoms. The molecule has 2 N–H and O–H groups in total. The Balaban J connectivity index is 2.00. The zero-order valence-electron chi connectivity index (χ0n) is 11.1. The molecule has 1 saturated heterocycles. The Kier molecular flexibility index (Phi) is 4.37. The molecule has 0 spiro atoms. The van der Waals surface area contributed by atoms with E-state index in [0.29, 0.717) is 12.6 Å². The third-order valence-corrected chi connectivity index (χ3v) is 4.62. The average molecular weight is 267 g/mol. The summed E-state index contributed by atoms with van der Waals surface area (Å²) in [6, 6.07) is 4.63. The molecule has 0 aromatic carbocycles. The second-order valence-corrected chi connectivity index (χ2v) is 6.06. The molecule has 0 aliphatic carbocycles. The number of carbonyl (C=O) groups is 1. The maximum absolute atomic E-state index is 11.3. The normalized spacial score (nSPS) is 18.9. The van der Waals surface area contributed by atoms with Gasteiger partial charge >= 0.3 is 0 Å². The lowest BCUT2D eigenvalue weighted by atomic mass is 10.1. The number of hydrogen-bond donors (Lipinski definition) is 1. The molecule has 0 radical (unpaired) electrons. The van der Waals surface area contributed by atoms with E-state index in [1.807, 2.05) is 16.2 Å². The van der Waals surface area contributed by atoms with Crippen molar-refractivity contribution in [2.75, 3.05) is 32.7 Å². The molecule has 1 aliphatic rings. The highest BCUT2D eigenvalue weighted by Crippen LogP contribution is 2.27. The first-order valence-corrected chi connectivity index (χ1v) is 7.19. The maximum Gasteiger partial charge on any atom is 0.219 e. The van der Waals surface area contributed by atoms with Crippen molar-refractivity contribution in [1.82, 2.24) is 9.80 Å². The van der Waals surface area contributed by atoms with Crippen LogP contribution in [0.25, 0.3) is 0 Å². The zero-order chi connectivity index (χ0) is 13.1. The van der Waals surface area contributed by atoms with Gasteiger partial charge in [-0.2, -0.15) is 0 Å². The average Bonchev–Trinajstić information content (AvgIpc) is 2.77. The third-order valence-electron chi connectivity index (χ3n) is 3.51. The fourth-order valence-corrected chi connectivity index (χ4v) is 3.45. The Morgan fingerprint density at radius 2 is 2.06 bits per heavy atom. The van der Waals surface area contributed by atoms with Gasteiger partial charge in [-0.3, -0.25) is 9.69 Å². The maximum atomic E-state index is 11.3. The van der Waals surface area contributed by atoms with Crippen LogP contribution in [-0.4, -0.2) is 48.4 Å². The molecule has 100 valence electrons. The minimum Gasteiger partial charge on any atom is -0.340 e. The lowest BCUT2D eigenvalue weighted by Crippen LogP contribution is -2.50. The monoisotopic (exact) mass is 267 g/mol. The van der Waals surface area contributed by atoms with Crippen molar-refractivity contribution < 1.29 is 4.79 Å². The number of carbonyl (C=O) groups excluding carboxylic acids is 1. The van der Waals surface area contributed by atoms with Gasteiger partial charge in [-0.25, -0.2) is 0 Å². The van der Waals surface area contributed by atoms with E-state index in [2.05, 4.69) is 24.0 Å². The van der Waals surface area contributed by atoms with Crippen LogP contribution in [0, 0.1) is 6.92 Å². The van der Waals surface area contributed by atoms with Crippen LogP contribution in [0.4, 0.5) is 0 Å². The van der Waals surface area contributed by atoms with Crippen LogP contribution in [0.1, 0.15) is 22.7 Å². The first kappa shape index (κ1) is 13.5. The fourth-order valence-electron chi connectivity index (χ4n) is 2.43. The molecule has 1 unspecified atom stereocenters. The van der Waals surface area contributed by atoms with E-state index in [0.717, 1.165) is 26.2 Å². The van der Waals surface area contributed by atoms with Gasteiger partial charge in [0.05, 0.1) is 6.04 Å². The largest absolute Gasteiger partial charge is 0.340 e. The molecule has 1 atom stereocenters. The van der Waals surface area contributed by atoms with Gasteiger partial charge in [0.15, 0.2) is 0 Å². The second kappa shape index (κ2) is 5.82. The van der Waals surface area contributed by atoms with E-state index >= 15 is 0 Å². The summed E-state index contributed by atoms with van der Waals surface area (Å²) in [6.07, 6.45) is 0. The molecule has 1 aromatic heterocycles. The summed E-state index contributed by atoms with van der Waals surface area (Å²) in [5.74, 6) is 0.172. The van der Waals surface area contributed by atoms with Crippen molar-refractivity contribution in [2.45, 2.75) is 19.9 Å². The Labute approximate surface area is 112 Å². The molecule has 2 rings (SSSR count). The summed E-state index contributed by atoms with van der Waals surface area (Å²) >= 11 is 1.82. The number of piperazine rings is 1. The summed E-state index contributed by atoms with van der Waals surface area (Å²) in [4.78, 5) is 18.3. The van der Waals surface area contributed by atoms with E-state index in [4.69, 9.17) is 5.73 Å². The number of hydrogen-bond acceptors (Lipinski definition) is 4. The summed E-state index contributed by atoms with van der Waals surface area (Å²) in [5, 5.41) is 0. The van der Waals surface area contributed by atoms with Gasteiger partial charge in [0, 0.05) is 49.4 Å². The van der Waals surface area contributed by atoms with Gasteiger partial charge in [-0.05, 0) is 19.1 Å². The molecule has 1 aliphatic heterocycles. The lowest BCUT2D eigenvalue weighted by Gasteiger charge is -2.38. The smallest absolute Gasteiger partial charge is 0.219 e. The number of aryl methyl sites for hydroxylation is 1. The van der Waals surface area contributed by atoms with Crippen molar-refractivity contribution in [3.05, 3.63) is 21.9 Å². The van der Waals surface area contributed by atoms with E-state index in [-0.39, 0.29) is 5.91 Å². The van der Waals surface area contributed by atoms with Gasteiger partial charge in [0.25, 0.3) is 0 Å². The Bertz CT molecular complexity index is 410. The molecular formula is C13H21N3OS. The van der Waals surface area contributed by atoms with E-state index in [9.17, 15) is 4.79 Å². The predicted molar refractivity (Wildman–Crippen MR) is 74.7 cm³/mol. The quantitative estimate of drug-likeness (QED) is 0.896. The summed E-state index contributed by atoms with van der Waals surface area (Å²) in [6.45, 7) is 7.86. The van der Waals surface area contributed by atoms with Crippen LogP contribution < -0.4 is 5.73 Å². The van der Waals surface area contributed by atoms with E-state index < -0.39 is 0 Å². The molecule has 0 bridgehead atoms. The minimum atomic E-state index is 0.172. The number of nitrogens with two attached hydrogens (primary N) is 1. The van der Waals surface area contributed by atoms with Gasteiger partial charge in [-0.1, -0.05) is 0 Å². The van der Waals surface area contributed by atoms with Gasteiger partial charge < -0.3 is 10.6 Å². The fraction of sp³-hybridized carbons (Fsp3) is 0.615. The van der Waals surface area contributed by atoms with Crippen LogP contribution in [0.2, 0.25) is 0 Å². The molecule has 4 nitrogen and oxygen atoms in total. The highest BCUT2D eigenvalue weighted by Gasteiger charge is 2.25. The number of rotatable bonds is 3. The molecular weight excluding hydrogens is 246 g/mol. The summed E-state index contributed by atoms with van der Waals surface area (Å²) in [5.41, 5.74) is 5.92. The Hall–Kier alpha value is -0.910. The molecule has 1 aromatic rings.